The summed E-state index contributed by atoms with van der Waals surface area (Å²) >= 11 is 0. The molecule has 0 bridgehead atoms. The van der Waals surface area contributed by atoms with Gasteiger partial charge >= 0.3 is 0 Å². The minimum Gasteiger partial charge on any atom is -0.387 e. The first-order valence-electron chi connectivity index (χ1n) is 6.90. The number of aliphatic hydroxyl groups is 1. The van der Waals surface area contributed by atoms with Crippen molar-refractivity contribution in [2.75, 3.05) is 0 Å². The summed E-state index contributed by atoms with van der Waals surface area (Å²) in [6.07, 6.45) is 6.55. The largest absolute Gasteiger partial charge is 0.387 e. The predicted octanol–water partition coefficient (Wildman–Crippen LogP) is 2.92. The number of halogens is 1. The van der Waals surface area contributed by atoms with E-state index in [2.05, 4.69) is 5.32 Å². The van der Waals surface area contributed by atoms with E-state index >= 15 is 0 Å². The maximum absolute atomic E-state index is 13.2. The lowest BCUT2D eigenvalue weighted by Crippen LogP contribution is -2.42. The summed E-state index contributed by atoms with van der Waals surface area (Å²) in [4.78, 5) is 0. The number of rotatable bonds is 2. The first-order chi connectivity index (χ1) is 8.69. The minimum atomic E-state index is -0.597. The summed E-state index contributed by atoms with van der Waals surface area (Å²) in [5.41, 5.74) is 0.946. The van der Waals surface area contributed by atoms with E-state index in [0.717, 1.165) is 12.8 Å². The molecular weight excluding hydrogens is 229 g/mol. The molecule has 2 fully saturated rings. The van der Waals surface area contributed by atoms with Gasteiger partial charge in [-0.05, 0) is 43.4 Å². The summed E-state index contributed by atoms with van der Waals surface area (Å²) in [6, 6.07) is 6.39. The van der Waals surface area contributed by atoms with E-state index < -0.39 is 6.10 Å². The van der Waals surface area contributed by atoms with Crippen LogP contribution in [-0.2, 0) is 0 Å². The Hall–Kier alpha value is -0.930. The van der Waals surface area contributed by atoms with Crippen LogP contribution in [0.3, 0.4) is 0 Å². The highest BCUT2D eigenvalue weighted by Crippen LogP contribution is 2.41. The van der Waals surface area contributed by atoms with Crippen molar-refractivity contribution in [1.82, 2.24) is 5.32 Å². The molecule has 2 nitrogen and oxygen atoms in total. The van der Waals surface area contributed by atoms with Gasteiger partial charge in [0.2, 0.25) is 0 Å². The van der Waals surface area contributed by atoms with Crippen molar-refractivity contribution in [3.8, 4) is 0 Å². The van der Waals surface area contributed by atoms with E-state index in [1.165, 1.54) is 37.8 Å². The third-order valence-electron chi connectivity index (χ3n) is 4.56. The van der Waals surface area contributed by atoms with Gasteiger partial charge in [0.25, 0.3) is 0 Å². The zero-order valence-electron chi connectivity index (χ0n) is 10.5. The summed E-state index contributed by atoms with van der Waals surface area (Å²) < 4.78 is 13.2. The van der Waals surface area contributed by atoms with E-state index in [-0.39, 0.29) is 17.4 Å². The molecule has 3 rings (SSSR count). The van der Waals surface area contributed by atoms with Gasteiger partial charge in [0.15, 0.2) is 0 Å². The predicted molar refractivity (Wildman–Crippen MR) is 68.7 cm³/mol. The Morgan fingerprint density at radius 1 is 1.28 bits per heavy atom. The molecule has 2 aliphatic rings. The van der Waals surface area contributed by atoms with Crippen molar-refractivity contribution in [3.05, 3.63) is 35.6 Å². The summed E-state index contributed by atoms with van der Waals surface area (Å²) in [5, 5.41) is 14.0. The van der Waals surface area contributed by atoms with Crippen molar-refractivity contribution in [3.63, 3.8) is 0 Å². The van der Waals surface area contributed by atoms with Crippen LogP contribution >= 0.6 is 0 Å². The topological polar surface area (TPSA) is 32.3 Å². The van der Waals surface area contributed by atoms with Crippen LogP contribution in [0, 0.1) is 5.82 Å². The fraction of sp³-hybridized carbons (Fsp3) is 0.600. The zero-order chi connectivity index (χ0) is 12.6. The molecule has 1 aromatic rings. The van der Waals surface area contributed by atoms with Gasteiger partial charge in [-0.2, -0.15) is 0 Å². The van der Waals surface area contributed by atoms with Gasteiger partial charge in [0, 0.05) is 11.6 Å². The fourth-order valence-electron chi connectivity index (χ4n) is 3.58. The van der Waals surface area contributed by atoms with Gasteiger partial charge in [0.1, 0.15) is 5.82 Å². The number of hydrogen-bond acceptors (Lipinski definition) is 2. The Morgan fingerprint density at radius 3 is 2.78 bits per heavy atom. The van der Waals surface area contributed by atoms with Crippen LogP contribution in [-0.4, -0.2) is 16.7 Å². The SMILES string of the molecule is O[C@@H](c1cccc(F)c1)[C@H]1CCC2(CCCC2)N1. The highest BCUT2D eigenvalue weighted by atomic mass is 19.1. The molecule has 1 aromatic carbocycles. The Bertz CT molecular complexity index is 428. The van der Waals surface area contributed by atoms with E-state index in [1.807, 2.05) is 0 Å². The van der Waals surface area contributed by atoms with Gasteiger partial charge < -0.3 is 10.4 Å². The van der Waals surface area contributed by atoms with Gasteiger partial charge in [-0.1, -0.05) is 25.0 Å². The maximum atomic E-state index is 13.2. The molecule has 18 heavy (non-hydrogen) atoms. The van der Waals surface area contributed by atoms with Crippen LogP contribution in [0.1, 0.15) is 50.2 Å². The van der Waals surface area contributed by atoms with E-state index in [0.29, 0.717) is 5.56 Å². The Labute approximate surface area is 107 Å². The van der Waals surface area contributed by atoms with E-state index in [4.69, 9.17) is 0 Å². The second kappa shape index (κ2) is 4.63. The molecule has 1 aliphatic heterocycles. The Morgan fingerprint density at radius 2 is 2.06 bits per heavy atom. The van der Waals surface area contributed by atoms with Crippen LogP contribution in [0.15, 0.2) is 24.3 Å². The Kier molecular flexibility index (Phi) is 3.12. The lowest BCUT2D eigenvalue weighted by atomic mass is 9.96. The molecule has 2 atom stereocenters. The first-order valence-corrected chi connectivity index (χ1v) is 6.90. The van der Waals surface area contributed by atoms with Crippen LogP contribution in [0.4, 0.5) is 4.39 Å². The van der Waals surface area contributed by atoms with Crippen molar-refractivity contribution in [2.24, 2.45) is 0 Å². The molecule has 1 saturated carbocycles. The van der Waals surface area contributed by atoms with Crippen LogP contribution in [0.5, 0.6) is 0 Å². The average molecular weight is 249 g/mol. The molecule has 0 amide bonds. The fourth-order valence-corrected chi connectivity index (χ4v) is 3.58. The van der Waals surface area contributed by atoms with Crippen molar-refractivity contribution >= 4 is 0 Å². The lowest BCUT2D eigenvalue weighted by Gasteiger charge is -2.27. The molecule has 1 heterocycles. The molecule has 0 aromatic heterocycles. The number of hydrogen-bond donors (Lipinski definition) is 2. The summed E-state index contributed by atoms with van der Waals surface area (Å²) in [6.45, 7) is 0. The van der Waals surface area contributed by atoms with Crippen LogP contribution < -0.4 is 5.32 Å². The molecule has 1 saturated heterocycles. The molecule has 0 radical (unpaired) electrons. The molecule has 2 N–H and O–H groups in total. The summed E-state index contributed by atoms with van der Waals surface area (Å²) in [7, 11) is 0. The van der Waals surface area contributed by atoms with Crippen LogP contribution in [0.25, 0.3) is 0 Å². The smallest absolute Gasteiger partial charge is 0.123 e. The standard InChI is InChI=1S/C15H20FNO/c16-12-5-3-4-11(10-12)14(18)13-6-9-15(17-13)7-1-2-8-15/h3-5,10,13-14,17-18H,1-2,6-9H2/t13-,14+/m1/s1. The quantitative estimate of drug-likeness (QED) is 0.844. The first kappa shape index (κ1) is 12.1. The second-order valence-corrected chi connectivity index (χ2v) is 5.78. The highest BCUT2D eigenvalue weighted by Gasteiger charge is 2.42. The second-order valence-electron chi connectivity index (χ2n) is 5.78. The molecule has 1 aliphatic carbocycles. The number of nitrogens with one attached hydrogen (secondary N) is 1. The maximum Gasteiger partial charge on any atom is 0.123 e. The van der Waals surface area contributed by atoms with Gasteiger partial charge in [-0.25, -0.2) is 4.39 Å². The lowest BCUT2D eigenvalue weighted by molar-refractivity contribution is 0.129. The highest BCUT2D eigenvalue weighted by molar-refractivity contribution is 5.21. The summed E-state index contributed by atoms with van der Waals surface area (Å²) in [5.74, 6) is -0.278. The van der Waals surface area contributed by atoms with Gasteiger partial charge in [-0.15, -0.1) is 0 Å². The van der Waals surface area contributed by atoms with Crippen molar-refractivity contribution < 1.29 is 9.50 Å². The minimum absolute atomic E-state index is 0.0740. The Balaban J connectivity index is 1.72. The number of aliphatic hydroxyl groups excluding tert-OH is 1. The molecule has 1 spiro atoms. The zero-order valence-corrected chi connectivity index (χ0v) is 10.5. The normalized spacial score (nSPS) is 27.8. The van der Waals surface area contributed by atoms with E-state index in [9.17, 15) is 9.50 Å². The molecular formula is C15H20FNO. The number of benzene rings is 1. The molecule has 0 unspecified atom stereocenters. The monoisotopic (exact) mass is 249 g/mol. The van der Waals surface area contributed by atoms with E-state index in [1.54, 1.807) is 12.1 Å². The third-order valence-corrected chi connectivity index (χ3v) is 4.56. The third kappa shape index (κ3) is 2.17. The van der Waals surface area contributed by atoms with Crippen molar-refractivity contribution in [2.45, 2.75) is 56.2 Å². The van der Waals surface area contributed by atoms with Crippen molar-refractivity contribution in [1.29, 1.82) is 0 Å². The molecule has 98 valence electrons. The van der Waals surface area contributed by atoms with Gasteiger partial charge in [0.05, 0.1) is 6.10 Å². The van der Waals surface area contributed by atoms with Crippen LogP contribution in [0.2, 0.25) is 0 Å². The molecule has 3 heteroatoms. The average Bonchev–Trinajstić information content (AvgIpc) is 3.00. The van der Waals surface area contributed by atoms with Gasteiger partial charge in [-0.3, -0.25) is 0 Å².